The molecule has 0 bridgehead atoms. The number of allylic oxidation sites excluding steroid dienone is 6. The van der Waals surface area contributed by atoms with Crippen molar-refractivity contribution in [3.05, 3.63) is 94.5 Å². The number of thioether (sulfide) groups is 1. The predicted octanol–water partition coefficient (Wildman–Crippen LogP) is 4.20. The molecule has 4 rings (SSSR count). The van der Waals surface area contributed by atoms with Crippen LogP contribution < -0.4 is 33.4 Å². The van der Waals surface area contributed by atoms with E-state index in [1.165, 1.54) is 36.4 Å². The molecule has 1 aliphatic rings. The highest BCUT2D eigenvalue weighted by molar-refractivity contribution is 8.03. The maximum absolute atomic E-state index is 2.37. The molecule has 1 aliphatic heterocycles. The van der Waals surface area contributed by atoms with E-state index in [0.717, 1.165) is 13.1 Å². The van der Waals surface area contributed by atoms with Crippen molar-refractivity contribution in [2.75, 3.05) is 11.4 Å². The fourth-order valence-corrected chi connectivity index (χ4v) is 5.90. The molecule has 0 aliphatic carbocycles. The second-order valence-corrected chi connectivity index (χ2v) is 9.22. The Kier molecular flexibility index (Phi) is 8.58. The first-order chi connectivity index (χ1) is 14.7. The normalized spacial score (nSPS) is 15.4. The van der Waals surface area contributed by atoms with Gasteiger partial charge in [-0.1, -0.05) is 77.2 Å². The van der Waals surface area contributed by atoms with Gasteiger partial charge in [-0.15, -0.1) is 0 Å². The van der Waals surface area contributed by atoms with Gasteiger partial charge in [-0.3, -0.25) is 0 Å². The molecule has 0 fully saturated rings. The van der Waals surface area contributed by atoms with Crippen LogP contribution in [0.5, 0.6) is 0 Å². The summed E-state index contributed by atoms with van der Waals surface area (Å²) in [6.45, 7) is 8.51. The molecule has 160 valence electrons. The van der Waals surface area contributed by atoms with Crippen LogP contribution in [0.4, 0.5) is 5.69 Å². The standard InChI is InChI=1S/C26H27N2S2.HI/c1-4-27-21-14-6-8-16-23(21)29-25(27)18-10-12-20(3)13-11-19-26-28(5-2)22-15-7-9-17-24(22)30-26;/h6-19H,4-5H2,1-3H3;1H/q+1;/p-1. The zero-order chi connectivity index (χ0) is 20.9. The first-order valence-corrected chi connectivity index (χ1v) is 12.0. The molecule has 2 nitrogen and oxygen atoms in total. The van der Waals surface area contributed by atoms with Crippen LogP contribution in [0.1, 0.15) is 25.8 Å². The Morgan fingerprint density at radius 2 is 1.81 bits per heavy atom. The molecule has 3 aromatic rings. The van der Waals surface area contributed by atoms with Crippen molar-refractivity contribution in [2.24, 2.45) is 0 Å². The molecule has 0 unspecified atom stereocenters. The molecule has 31 heavy (non-hydrogen) atoms. The van der Waals surface area contributed by atoms with Crippen LogP contribution in [-0.4, -0.2) is 6.54 Å². The van der Waals surface area contributed by atoms with E-state index in [2.05, 4.69) is 115 Å². The number of nitrogens with zero attached hydrogens (tertiary/aromatic N) is 2. The maximum atomic E-state index is 2.37. The first-order valence-electron chi connectivity index (χ1n) is 10.4. The van der Waals surface area contributed by atoms with Gasteiger partial charge in [-0.2, -0.15) is 4.57 Å². The Morgan fingerprint density at radius 3 is 2.61 bits per heavy atom. The molecule has 1 aromatic heterocycles. The van der Waals surface area contributed by atoms with E-state index in [1.807, 2.05) is 23.1 Å². The van der Waals surface area contributed by atoms with Gasteiger partial charge in [0.25, 0.3) is 5.01 Å². The summed E-state index contributed by atoms with van der Waals surface area (Å²) in [5.74, 6) is 0. The van der Waals surface area contributed by atoms with Gasteiger partial charge in [0.2, 0.25) is 5.52 Å². The van der Waals surface area contributed by atoms with Gasteiger partial charge in [-0.05, 0) is 45.0 Å². The average molecular weight is 559 g/mol. The van der Waals surface area contributed by atoms with Gasteiger partial charge < -0.3 is 28.9 Å². The largest absolute Gasteiger partial charge is 1.00 e. The topological polar surface area (TPSA) is 7.12 Å². The van der Waals surface area contributed by atoms with Gasteiger partial charge in [-0.25, -0.2) is 0 Å². The van der Waals surface area contributed by atoms with E-state index < -0.39 is 0 Å². The number of halogens is 1. The van der Waals surface area contributed by atoms with Gasteiger partial charge in [0, 0.05) is 23.6 Å². The molecule has 0 saturated carbocycles. The predicted molar refractivity (Wildman–Crippen MR) is 133 cm³/mol. The van der Waals surface area contributed by atoms with Gasteiger partial charge in [0.1, 0.15) is 11.2 Å². The summed E-state index contributed by atoms with van der Waals surface area (Å²) in [5.41, 5.74) is 3.86. The Morgan fingerprint density at radius 1 is 1.03 bits per heavy atom. The summed E-state index contributed by atoms with van der Waals surface area (Å²) in [6.07, 6.45) is 13.1. The zero-order valence-electron chi connectivity index (χ0n) is 18.1. The molecule has 0 radical (unpaired) electrons. The van der Waals surface area contributed by atoms with Crippen LogP contribution in [0, 0.1) is 0 Å². The average Bonchev–Trinajstić information content (AvgIpc) is 3.30. The summed E-state index contributed by atoms with van der Waals surface area (Å²) >= 11 is 3.69. The summed E-state index contributed by atoms with van der Waals surface area (Å²) < 4.78 is 3.70. The Hall–Kier alpha value is -1.83. The minimum absolute atomic E-state index is 0. The van der Waals surface area contributed by atoms with Crippen LogP contribution in [0.3, 0.4) is 0 Å². The molecule has 2 heterocycles. The van der Waals surface area contributed by atoms with Crippen molar-refractivity contribution >= 4 is 45.1 Å². The minimum Gasteiger partial charge on any atom is -1.00 e. The molecule has 2 aromatic carbocycles. The molecule has 0 saturated heterocycles. The third-order valence-electron chi connectivity index (χ3n) is 5.10. The lowest BCUT2D eigenvalue weighted by Crippen LogP contribution is -3.00. The maximum Gasteiger partial charge on any atom is 0.262 e. The SMILES string of the molecule is CCN1\C(=C/C=C/C(C)=C/C=C\c2sc3ccccc3[n+]2CC)Sc2ccccc21.[I-]. The first kappa shape index (κ1) is 23.8. The lowest BCUT2D eigenvalue weighted by molar-refractivity contribution is -0.665. The van der Waals surface area contributed by atoms with Crippen LogP contribution in [0.2, 0.25) is 0 Å². The summed E-state index contributed by atoms with van der Waals surface area (Å²) in [6, 6.07) is 17.2. The Bertz CT molecular complexity index is 1170. The number of para-hydroxylation sites is 2. The number of thiazole rings is 1. The lowest BCUT2D eigenvalue weighted by Gasteiger charge is -2.17. The van der Waals surface area contributed by atoms with E-state index in [0.29, 0.717) is 0 Å². The van der Waals surface area contributed by atoms with Gasteiger partial charge in [0.15, 0.2) is 0 Å². The highest BCUT2D eigenvalue weighted by Crippen LogP contribution is 2.45. The van der Waals surface area contributed by atoms with E-state index in [4.69, 9.17) is 0 Å². The molecule has 0 N–H and O–H groups in total. The molecule has 0 atom stereocenters. The monoisotopic (exact) mass is 558 g/mol. The number of hydrogen-bond donors (Lipinski definition) is 0. The zero-order valence-corrected chi connectivity index (χ0v) is 21.9. The second-order valence-electron chi connectivity index (χ2n) is 7.10. The number of anilines is 1. The number of fused-ring (bicyclic) bond motifs is 2. The Labute approximate surface area is 210 Å². The van der Waals surface area contributed by atoms with Crippen LogP contribution in [0.25, 0.3) is 16.3 Å². The van der Waals surface area contributed by atoms with Crippen molar-refractivity contribution in [2.45, 2.75) is 32.2 Å². The number of aryl methyl sites for hydroxylation is 1. The molecule has 0 spiro atoms. The van der Waals surface area contributed by atoms with Crippen molar-refractivity contribution in [3.63, 3.8) is 0 Å². The number of hydrogen-bond acceptors (Lipinski definition) is 3. The number of aromatic nitrogens is 1. The molecule has 5 heteroatoms. The third kappa shape index (κ3) is 5.33. The summed E-state index contributed by atoms with van der Waals surface area (Å²) in [5, 5.41) is 2.57. The second kappa shape index (κ2) is 11.2. The van der Waals surface area contributed by atoms with E-state index in [1.54, 1.807) is 0 Å². The van der Waals surface area contributed by atoms with Gasteiger partial charge in [0.05, 0.1) is 10.7 Å². The fraction of sp³-hybridized carbons (Fsp3) is 0.192. The quantitative estimate of drug-likeness (QED) is 0.255. The van der Waals surface area contributed by atoms with Crippen molar-refractivity contribution in [1.29, 1.82) is 0 Å². The van der Waals surface area contributed by atoms with E-state index in [-0.39, 0.29) is 24.0 Å². The van der Waals surface area contributed by atoms with Crippen LogP contribution in [-0.2, 0) is 6.54 Å². The molecule has 0 amide bonds. The highest BCUT2D eigenvalue weighted by atomic mass is 127. The summed E-state index contributed by atoms with van der Waals surface area (Å²) in [4.78, 5) is 3.70. The van der Waals surface area contributed by atoms with E-state index in [9.17, 15) is 0 Å². The third-order valence-corrected chi connectivity index (χ3v) is 7.36. The van der Waals surface area contributed by atoms with Crippen molar-refractivity contribution in [3.8, 4) is 0 Å². The smallest absolute Gasteiger partial charge is 0.262 e. The van der Waals surface area contributed by atoms with Crippen molar-refractivity contribution < 1.29 is 28.5 Å². The molecular formula is C26H27IN2S2. The minimum atomic E-state index is 0. The fourth-order valence-electron chi connectivity index (χ4n) is 3.63. The number of rotatable bonds is 6. The Balaban J connectivity index is 0.00000272. The van der Waals surface area contributed by atoms with E-state index >= 15 is 0 Å². The molecular weight excluding hydrogens is 531 g/mol. The summed E-state index contributed by atoms with van der Waals surface area (Å²) in [7, 11) is 0. The number of benzene rings is 2. The lowest BCUT2D eigenvalue weighted by atomic mass is 10.2. The van der Waals surface area contributed by atoms with Crippen LogP contribution >= 0.6 is 23.1 Å². The van der Waals surface area contributed by atoms with Crippen molar-refractivity contribution in [1.82, 2.24) is 0 Å². The van der Waals surface area contributed by atoms with Gasteiger partial charge >= 0.3 is 0 Å². The highest BCUT2D eigenvalue weighted by Gasteiger charge is 2.22. The van der Waals surface area contributed by atoms with Crippen LogP contribution in [0.15, 0.2) is 94.4 Å².